The number of nitrogens with zero attached hydrogens (tertiary/aromatic N) is 1. The molecule has 5 heteroatoms. The second kappa shape index (κ2) is 6.52. The van der Waals surface area contributed by atoms with Crippen molar-refractivity contribution < 1.29 is 14.3 Å². The summed E-state index contributed by atoms with van der Waals surface area (Å²) in [6, 6.07) is 7.69. The fraction of sp³-hybridized carbons (Fsp3) is 0.333. The summed E-state index contributed by atoms with van der Waals surface area (Å²) in [6.07, 6.45) is 0.122. The van der Waals surface area contributed by atoms with Crippen LogP contribution in [0.3, 0.4) is 0 Å². The van der Waals surface area contributed by atoms with Crippen molar-refractivity contribution in [3.63, 3.8) is 0 Å². The molecular formula is C15H17NO3S. The van der Waals surface area contributed by atoms with Crippen LogP contribution >= 0.6 is 11.3 Å². The lowest BCUT2D eigenvalue weighted by Gasteiger charge is -2.09. The number of aromatic nitrogens is 1. The predicted molar refractivity (Wildman–Crippen MR) is 79.3 cm³/mol. The zero-order valence-corrected chi connectivity index (χ0v) is 12.6. The molecule has 1 aromatic heterocycles. The maximum absolute atomic E-state index is 11.6. The lowest BCUT2D eigenvalue weighted by atomic mass is 10.2. The first-order chi connectivity index (χ1) is 9.60. The summed E-state index contributed by atoms with van der Waals surface area (Å²) < 4.78 is 10.6. The minimum atomic E-state index is -0.385. The average molecular weight is 291 g/mol. The van der Waals surface area contributed by atoms with Gasteiger partial charge in [0.05, 0.1) is 12.7 Å². The van der Waals surface area contributed by atoms with Gasteiger partial charge >= 0.3 is 5.97 Å². The first kappa shape index (κ1) is 14.5. The molecule has 2 rings (SSSR count). The van der Waals surface area contributed by atoms with Crippen LogP contribution in [0.4, 0.5) is 0 Å². The van der Waals surface area contributed by atoms with E-state index in [1.165, 1.54) is 11.3 Å². The maximum atomic E-state index is 11.6. The minimum Gasteiger partial charge on any atom is -0.491 e. The van der Waals surface area contributed by atoms with Gasteiger partial charge in [0.15, 0.2) is 5.69 Å². The van der Waals surface area contributed by atoms with E-state index in [2.05, 4.69) is 4.98 Å². The number of benzene rings is 1. The third kappa shape index (κ3) is 3.57. The Bertz CT molecular complexity index is 592. The fourth-order valence-corrected chi connectivity index (χ4v) is 2.47. The molecule has 0 spiro atoms. The topological polar surface area (TPSA) is 48.4 Å². The van der Waals surface area contributed by atoms with Gasteiger partial charge in [0.25, 0.3) is 0 Å². The van der Waals surface area contributed by atoms with Gasteiger partial charge in [0.1, 0.15) is 10.8 Å². The maximum Gasteiger partial charge on any atom is 0.357 e. The number of carbonyl (C=O) groups is 1. The smallest absolute Gasteiger partial charge is 0.357 e. The van der Waals surface area contributed by atoms with E-state index in [1.807, 2.05) is 38.1 Å². The van der Waals surface area contributed by atoms with Crippen LogP contribution in [0.2, 0.25) is 0 Å². The standard InChI is InChI=1S/C15H17NO3S/c1-4-18-15(17)13-9-20-14(16-13)11-6-5-7-12(8-11)19-10(2)3/h5-10H,4H2,1-3H3. The molecule has 1 aromatic carbocycles. The molecule has 0 amide bonds. The van der Waals surface area contributed by atoms with Crippen LogP contribution < -0.4 is 4.74 Å². The summed E-state index contributed by atoms with van der Waals surface area (Å²) in [5, 5.41) is 2.49. The molecule has 0 atom stereocenters. The fourth-order valence-electron chi connectivity index (χ4n) is 1.68. The Morgan fingerprint density at radius 2 is 2.20 bits per heavy atom. The van der Waals surface area contributed by atoms with Gasteiger partial charge < -0.3 is 9.47 Å². The highest BCUT2D eigenvalue weighted by atomic mass is 32.1. The van der Waals surface area contributed by atoms with Gasteiger partial charge in [0.2, 0.25) is 0 Å². The van der Waals surface area contributed by atoms with Gasteiger partial charge in [-0.15, -0.1) is 11.3 Å². The molecule has 4 nitrogen and oxygen atoms in total. The molecule has 2 aromatic rings. The highest BCUT2D eigenvalue weighted by Gasteiger charge is 2.13. The van der Waals surface area contributed by atoms with Gasteiger partial charge in [-0.25, -0.2) is 9.78 Å². The Kier molecular flexibility index (Phi) is 4.74. The van der Waals surface area contributed by atoms with Gasteiger partial charge in [-0.05, 0) is 32.9 Å². The number of rotatable bonds is 5. The number of ether oxygens (including phenoxy) is 2. The predicted octanol–water partition coefficient (Wildman–Crippen LogP) is 3.77. The average Bonchev–Trinajstić information content (AvgIpc) is 2.88. The van der Waals surface area contributed by atoms with E-state index in [4.69, 9.17) is 9.47 Å². The molecule has 0 bridgehead atoms. The Hall–Kier alpha value is -1.88. The van der Waals surface area contributed by atoms with Crippen molar-refractivity contribution in [3.8, 4) is 16.3 Å². The van der Waals surface area contributed by atoms with E-state index in [0.717, 1.165) is 16.3 Å². The van der Waals surface area contributed by atoms with Crippen LogP contribution in [0.1, 0.15) is 31.3 Å². The molecule has 0 unspecified atom stereocenters. The Labute approximate surface area is 122 Å². The third-order valence-corrected chi connectivity index (χ3v) is 3.33. The summed E-state index contributed by atoms with van der Waals surface area (Å²) in [5.74, 6) is 0.412. The highest BCUT2D eigenvalue weighted by molar-refractivity contribution is 7.13. The summed E-state index contributed by atoms with van der Waals surface area (Å²) >= 11 is 1.42. The molecule has 0 saturated heterocycles. The number of hydrogen-bond donors (Lipinski definition) is 0. The summed E-state index contributed by atoms with van der Waals surface area (Å²) in [4.78, 5) is 15.9. The van der Waals surface area contributed by atoms with Crippen molar-refractivity contribution in [2.24, 2.45) is 0 Å². The summed E-state index contributed by atoms with van der Waals surface area (Å²) in [6.45, 7) is 6.09. The van der Waals surface area contributed by atoms with Crippen molar-refractivity contribution in [2.45, 2.75) is 26.9 Å². The Morgan fingerprint density at radius 1 is 1.40 bits per heavy atom. The first-order valence-electron chi connectivity index (χ1n) is 6.50. The van der Waals surface area contributed by atoms with Crippen LogP contribution in [0, 0.1) is 0 Å². The second-order valence-electron chi connectivity index (χ2n) is 4.45. The molecule has 1 heterocycles. The Balaban J connectivity index is 2.21. The SMILES string of the molecule is CCOC(=O)c1csc(-c2cccc(OC(C)C)c2)n1. The molecule has 0 N–H and O–H groups in total. The van der Waals surface area contributed by atoms with Crippen LogP contribution in [0.15, 0.2) is 29.6 Å². The molecule has 0 aliphatic carbocycles. The van der Waals surface area contributed by atoms with Crippen molar-refractivity contribution in [3.05, 3.63) is 35.3 Å². The number of esters is 1. The van der Waals surface area contributed by atoms with E-state index >= 15 is 0 Å². The van der Waals surface area contributed by atoms with Gasteiger partial charge in [-0.2, -0.15) is 0 Å². The first-order valence-corrected chi connectivity index (χ1v) is 7.38. The minimum absolute atomic E-state index is 0.122. The van der Waals surface area contributed by atoms with Crippen LogP contribution in [-0.2, 0) is 4.74 Å². The number of carbonyl (C=O) groups excluding carboxylic acids is 1. The molecule has 0 aliphatic heterocycles. The van der Waals surface area contributed by atoms with E-state index in [0.29, 0.717) is 12.3 Å². The zero-order chi connectivity index (χ0) is 14.5. The molecule has 0 radical (unpaired) electrons. The molecule has 0 fully saturated rings. The van der Waals surface area contributed by atoms with Gasteiger partial charge in [-0.3, -0.25) is 0 Å². The molecule has 20 heavy (non-hydrogen) atoms. The second-order valence-corrected chi connectivity index (χ2v) is 5.31. The van der Waals surface area contributed by atoms with Crippen LogP contribution in [0.5, 0.6) is 5.75 Å². The zero-order valence-electron chi connectivity index (χ0n) is 11.8. The van der Waals surface area contributed by atoms with E-state index in [9.17, 15) is 4.79 Å². The molecule has 0 aliphatic rings. The number of thiazole rings is 1. The van der Waals surface area contributed by atoms with E-state index in [1.54, 1.807) is 12.3 Å². The highest BCUT2D eigenvalue weighted by Crippen LogP contribution is 2.27. The third-order valence-electron chi connectivity index (χ3n) is 2.44. The van der Waals surface area contributed by atoms with E-state index in [-0.39, 0.29) is 12.1 Å². The largest absolute Gasteiger partial charge is 0.491 e. The van der Waals surface area contributed by atoms with E-state index < -0.39 is 0 Å². The van der Waals surface area contributed by atoms with Crippen molar-refractivity contribution in [2.75, 3.05) is 6.61 Å². The van der Waals surface area contributed by atoms with Crippen molar-refractivity contribution >= 4 is 17.3 Å². The van der Waals surface area contributed by atoms with Crippen LogP contribution in [0.25, 0.3) is 10.6 Å². The Morgan fingerprint density at radius 3 is 2.90 bits per heavy atom. The lowest BCUT2D eigenvalue weighted by molar-refractivity contribution is 0.0520. The van der Waals surface area contributed by atoms with Gasteiger partial charge in [0, 0.05) is 10.9 Å². The van der Waals surface area contributed by atoms with Crippen molar-refractivity contribution in [1.29, 1.82) is 0 Å². The number of hydrogen-bond acceptors (Lipinski definition) is 5. The quantitative estimate of drug-likeness (QED) is 0.787. The normalized spacial score (nSPS) is 10.6. The summed E-state index contributed by atoms with van der Waals surface area (Å²) in [7, 11) is 0. The molecule has 106 valence electrons. The van der Waals surface area contributed by atoms with Crippen molar-refractivity contribution in [1.82, 2.24) is 4.98 Å². The van der Waals surface area contributed by atoms with Gasteiger partial charge in [-0.1, -0.05) is 12.1 Å². The molecule has 0 saturated carbocycles. The lowest BCUT2D eigenvalue weighted by Crippen LogP contribution is -2.05. The monoisotopic (exact) mass is 291 g/mol. The van der Waals surface area contributed by atoms with Crippen LogP contribution in [-0.4, -0.2) is 23.7 Å². The summed E-state index contributed by atoms with van der Waals surface area (Å²) in [5.41, 5.74) is 1.28. The molecular weight excluding hydrogens is 274 g/mol.